The highest BCUT2D eigenvalue weighted by molar-refractivity contribution is 8.00. The molecular weight excluding hydrogens is 367 g/mol. The Morgan fingerprint density at radius 1 is 1.11 bits per heavy atom. The average molecular weight is 390 g/mol. The smallest absolute Gasteiger partial charge is 0.234 e. The van der Waals surface area contributed by atoms with Gasteiger partial charge in [0.05, 0.1) is 17.5 Å². The van der Waals surface area contributed by atoms with Crippen molar-refractivity contribution < 1.29 is 18.7 Å². The summed E-state index contributed by atoms with van der Waals surface area (Å²) in [5.74, 6) is -0.304. The minimum Gasteiger partial charge on any atom is -0.488 e. The Bertz CT molecular complexity index is 785. The molecule has 27 heavy (non-hydrogen) atoms. The van der Waals surface area contributed by atoms with Crippen molar-refractivity contribution in [3.05, 3.63) is 59.9 Å². The number of anilines is 1. The molecule has 0 spiro atoms. The standard InChI is InChI=1S/C20H23FN2O3S/c1-14-6-5-7-16(10-14)23-20(25)13-27-12-19(24)22-15(2)11-26-18-9-4-3-8-17(18)21/h3-10,15H,11-13H2,1-2H3,(H,22,24)(H,23,25). The number of rotatable bonds is 9. The second-order valence-corrected chi connectivity index (χ2v) is 7.11. The van der Waals surface area contributed by atoms with Crippen molar-refractivity contribution in [1.82, 2.24) is 5.32 Å². The van der Waals surface area contributed by atoms with Gasteiger partial charge in [0.15, 0.2) is 11.6 Å². The fraction of sp³-hybridized carbons (Fsp3) is 0.300. The maximum Gasteiger partial charge on any atom is 0.234 e. The van der Waals surface area contributed by atoms with E-state index in [1.165, 1.54) is 23.9 Å². The number of halogens is 1. The van der Waals surface area contributed by atoms with Gasteiger partial charge in [0.25, 0.3) is 0 Å². The van der Waals surface area contributed by atoms with Gasteiger partial charge in [-0.05, 0) is 43.7 Å². The summed E-state index contributed by atoms with van der Waals surface area (Å²) in [6, 6.07) is 13.4. The van der Waals surface area contributed by atoms with Gasteiger partial charge in [-0.2, -0.15) is 0 Å². The molecule has 0 saturated heterocycles. The Morgan fingerprint density at radius 3 is 2.59 bits per heavy atom. The van der Waals surface area contributed by atoms with Crippen LogP contribution in [-0.4, -0.2) is 36.0 Å². The molecule has 0 aromatic heterocycles. The number of hydrogen-bond acceptors (Lipinski definition) is 4. The van der Waals surface area contributed by atoms with Crippen LogP contribution >= 0.6 is 11.8 Å². The van der Waals surface area contributed by atoms with Gasteiger partial charge in [-0.3, -0.25) is 9.59 Å². The molecule has 2 rings (SSSR count). The third-order valence-corrected chi connectivity index (χ3v) is 4.43. The summed E-state index contributed by atoms with van der Waals surface area (Å²) in [7, 11) is 0. The van der Waals surface area contributed by atoms with E-state index in [1.807, 2.05) is 31.2 Å². The van der Waals surface area contributed by atoms with Gasteiger partial charge >= 0.3 is 0 Å². The number of benzene rings is 2. The highest BCUT2D eigenvalue weighted by Crippen LogP contribution is 2.15. The molecule has 0 aliphatic rings. The summed E-state index contributed by atoms with van der Waals surface area (Å²) in [6.45, 7) is 3.88. The van der Waals surface area contributed by atoms with Crippen molar-refractivity contribution >= 4 is 29.3 Å². The van der Waals surface area contributed by atoms with E-state index in [0.29, 0.717) is 0 Å². The Hall–Kier alpha value is -2.54. The van der Waals surface area contributed by atoms with E-state index in [9.17, 15) is 14.0 Å². The fourth-order valence-electron chi connectivity index (χ4n) is 2.29. The monoisotopic (exact) mass is 390 g/mol. The third kappa shape index (κ3) is 7.70. The van der Waals surface area contributed by atoms with E-state index in [4.69, 9.17) is 4.74 Å². The van der Waals surface area contributed by atoms with Crippen LogP contribution in [0.25, 0.3) is 0 Å². The van der Waals surface area contributed by atoms with E-state index < -0.39 is 5.82 Å². The predicted molar refractivity (Wildman–Crippen MR) is 107 cm³/mol. The molecule has 0 saturated carbocycles. The highest BCUT2D eigenvalue weighted by Gasteiger charge is 2.11. The molecule has 0 aliphatic carbocycles. The van der Waals surface area contributed by atoms with Crippen molar-refractivity contribution in [2.45, 2.75) is 19.9 Å². The molecule has 0 aliphatic heterocycles. The number of thioether (sulfide) groups is 1. The normalized spacial score (nSPS) is 11.5. The van der Waals surface area contributed by atoms with Crippen LogP contribution in [0.3, 0.4) is 0 Å². The molecule has 1 unspecified atom stereocenters. The second kappa shape index (κ2) is 10.6. The van der Waals surface area contributed by atoms with Crippen LogP contribution in [-0.2, 0) is 9.59 Å². The largest absolute Gasteiger partial charge is 0.488 e. The van der Waals surface area contributed by atoms with Crippen LogP contribution in [0.4, 0.5) is 10.1 Å². The highest BCUT2D eigenvalue weighted by atomic mass is 32.2. The summed E-state index contributed by atoms with van der Waals surface area (Å²) in [5, 5.41) is 5.56. The van der Waals surface area contributed by atoms with Crippen molar-refractivity contribution in [3.8, 4) is 5.75 Å². The Kier molecular flexibility index (Phi) is 8.13. The first-order valence-electron chi connectivity index (χ1n) is 8.55. The van der Waals surface area contributed by atoms with Gasteiger partial charge in [0, 0.05) is 5.69 Å². The van der Waals surface area contributed by atoms with Gasteiger partial charge in [-0.1, -0.05) is 24.3 Å². The average Bonchev–Trinajstić information content (AvgIpc) is 2.61. The van der Waals surface area contributed by atoms with Gasteiger partial charge in [0.2, 0.25) is 11.8 Å². The van der Waals surface area contributed by atoms with Crippen molar-refractivity contribution in [3.63, 3.8) is 0 Å². The van der Waals surface area contributed by atoms with E-state index in [0.717, 1.165) is 11.3 Å². The SMILES string of the molecule is Cc1cccc(NC(=O)CSCC(=O)NC(C)COc2ccccc2F)c1. The van der Waals surface area contributed by atoms with Crippen LogP contribution in [0, 0.1) is 12.7 Å². The first-order chi connectivity index (χ1) is 12.9. The number of amides is 2. The van der Waals surface area contributed by atoms with Crippen LogP contribution in [0.1, 0.15) is 12.5 Å². The molecule has 0 bridgehead atoms. The lowest BCUT2D eigenvalue weighted by molar-refractivity contribution is -0.119. The molecular formula is C20H23FN2O3S. The first kappa shape index (κ1) is 20.8. The maximum absolute atomic E-state index is 13.5. The fourth-order valence-corrected chi connectivity index (χ4v) is 2.92. The molecule has 5 nitrogen and oxygen atoms in total. The maximum atomic E-state index is 13.5. The van der Waals surface area contributed by atoms with E-state index >= 15 is 0 Å². The summed E-state index contributed by atoms with van der Waals surface area (Å²) >= 11 is 1.23. The minimum atomic E-state index is -0.439. The van der Waals surface area contributed by atoms with E-state index in [2.05, 4.69) is 10.6 Å². The lowest BCUT2D eigenvalue weighted by atomic mass is 10.2. The molecule has 2 aromatic rings. The summed E-state index contributed by atoms with van der Waals surface area (Å²) in [6.07, 6.45) is 0. The van der Waals surface area contributed by atoms with Crippen molar-refractivity contribution in [2.75, 3.05) is 23.4 Å². The molecule has 0 fully saturated rings. The number of ether oxygens (including phenoxy) is 1. The van der Waals surface area contributed by atoms with Gasteiger partial charge in [-0.15, -0.1) is 11.8 Å². The zero-order valence-electron chi connectivity index (χ0n) is 15.3. The molecule has 1 atom stereocenters. The van der Waals surface area contributed by atoms with E-state index in [-0.39, 0.29) is 41.7 Å². The topological polar surface area (TPSA) is 67.4 Å². The third-order valence-electron chi connectivity index (χ3n) is 3.50. The molecule has 2 aromatic carbocycles. The molecule has 0 heterocycles. The van der Waals surface area contributed by atoms with Crippen LogP contribution in [0.15, 0.2) is 48.5 Å². The van der Waals surface area contributed by atoms with Crippen molar-refractivity contribution in [1.29, 1.82) is 0 Å². The Morgan fingerprint density at radius 2 is 1.85 bits per heavy atom. The first-order valence-corrected chi connectivity index (χ1v) is 9.70. The number of hydrogen-bond donors (Lipinski definition) is 2. The minimum absolute atomic E-state index is 0.154. The van der Waals surface area contributed by atoms with Crippen molar-refractivity contribution in [2.24, 2.45) is 0 Å². The van der Waals surface area contributed by atoms with Crippen LogP contribution < -0.4 is 15.4 Å². The number of aryl methyl sites for hydroxylation is 1. The zero-order valence-corrected chi connectivity index (χ0v) is 16.1. The quantitative estimate of drug-likeness (QED) is 0.689. The second-order valence-electron chi connectivity index (χ2n) is 6.12. The Labute approximate surface area is 162 Å². The lowest BCUT2D eigenvalue weighted by Gasteiger charge is -2.15. The number of para-hydroxylation sites is 1. The molecule has 144 valence electrons. The van der Waals surface area contributed by atoms with Crippen LogP contribution in [0.5, 0.6) is 5.75 Å². The summed E-state index contributed by atoms with van der Waals surface area (Å²) in [5.41, 5.74) is 1.80. The van der Waals surface area contributed by atoms with Gasteiger partial charge in [0.1, 0.15) is 6.61 Å². The van der Waals surface area contributed by atoms with E-state index in [1.54, 1.807) is 19.1 Å². The molecule has 2 amide bonds. The van der Waals surface area contributed by atoms with Crippen LogP contribution in [0.2, 0.25) is 0 Å². The van der Waals surface area contributed by atoms with Gasteiger partial charge in [-0.25, -0.2) is 4.39 Å². The number of nitrogens with one attached hydrogen (secondary N) is 2. The molecule has 7 heteroatoms. The predicted octanol–water partition coefficient (Wildman–Crippen LogP) is 3.39. The number of carbonyl (C=O) groups is 2. The number of carbonyl (C=O) groups excluding carboxylic acids is 2. The van der Waals surface area contributed by atoms with Gasteiger partial charge < -0.3 is 15.4 Å². The summed E-state index contributed by atoms with van der Waals surface area (Å²) in [4.78, 5) is 23.8. The zero-order chi connectivity index (χ0) is 19.6. The summed E-state index contributed by atoms with van der Waals surface area (Å²) < 4.78 is 18.8. The molecule has 2 N–H and O–H groups in total. The molecule has 0 radical (unpaired) electrons. The lowest BCUT2D eigenvalue weighted by Crippen LogP contribution is -2.38. The Balaban J connectivity index is 1.63.